The summed E-state index contributed by atoms with van der Waals surface area (Å²) in [5.74, 6) is 0. The van der Waals surface area contributed by atoms with Crippen LogP contribution in [-0.2, 0) is 11.8 Å². The number of benzene rings is 2. The second kappa shape index (κ2) is 6.39. The number of hydrogen-bond donors (Lipinski definition) is 1. The molecule has 0 heterocycles. The zero-order valence-electron chi connectivity index (χ0n) is 12.7. The molecule has 0 aromatic heterocycles. The van der Waals surface area contributed by atoms with E-state index in [0.29, 0.717) is 10.0 Å². The molecule has 2 N–H and O–H groups in total. The van der Waals surface area contributed by atoms with Crippen LogP contribution in [0.2, 0.25) is 10.0 Å². The smallest absolute Gasteiger partial charge is 0.0468 e. The lowest BCUT2D eigenvalue weighted by Crippen LogP contribution is -2.14. The fourth-order valence-corrected chi connectivity index (χ4v) is 2.86. The SMILES string of the molecule is CC(C)(C)c1ccc(CC(N)c2ccc(Cl)cc2Cl)cc1. The van der Waals surface area contributed by atoms with Crippen LogP contribution >= 0.6 is 23.2 Å². The Kier molecular flexibility index (Phi) is 4.98. The Hall–Kier alpha value is -1.02. The molecule has 1 unspecified atom stereocenters. The van der Waals surface area contributed by atoms with E-state index in [2.05, 4.69) is 45.0 Å². The van der Waals surface area contributed by atoms with Crippen molar-refractivity contribution in [1.29, 1.82) is 0 Å². The molecule has 2 aromatic carbocycles. The monoisotopic (exact) mass is 321 g/mol. The van der Waals surface area contributed by atoms with Gasteiger partial charge in [0.25, 0.3) is 0 Å². The zero-order chi connectivity index (χ0) is 15.6. The third-order valence-electron chi connectivity index (χ3n) is 3.64. The molecule has 0 bridgehead atoms. The van der Waals surface area contributed by atoms with Gasteiger partial charge >= 0.3 is 0 Å². The third kappa shape index (κ3) is 4.23. The van der Waals surface area contributed by atoms with Crippen molar-refractivity contribution in [3.05, 3.63) is 69.2 Å². The van der Waals surface area contributed by atoms with Crippen molar-refractivity contribution >= 4 is 23.2 Å². The maximum absolute atomic E-state index is 6.27. The van der Waals surface area contributed by atoms with Gasteiger partial charge in [-0.05, 0) is 40.7 Å². The van der Waals surface area contributed by atoms with Crippen molar-refractivity contribution < 1.29 is 0 Å². The van der Waals surface area contributed by atoms with E-state index >= 15 is 0 Å². The van der Waals surface area contributed by atoms with Gasteiger partial charge in [-0.3, -0.25) is 0 Å². The molecule has 0 aliphatic carbocycles. The van der Waals surface area contributed by atoms with Crippen LogP contribution in [0, 0.1) is 0 Å². The minimum Gasteiger partial charge on any atom is -0.324 e. The Balaban J connectivity index is 2.14. The van der Waals surface area contributed by atoms with E-state index in [-0.39, 0.29) is 11.5 Å². The fraction of sp³-hybridized carbons (Fsp3) is 0.333. The molecule has 0 radical (unpaired) electrons. The van der Waals surface area contributed by atoms with E-state index in [1.54, 1.807) is 6.07 Å². The summed E-state index contributed by atoms with van der Waals surface area (Å²) in [6.07, 6.45) is 0.756. The van der Waals surface area contributed by atoms with Crippen molar-refractivity contribution in [2.75, 3.05) is 0 Å². The van der Waals surface area contributed by atoms with Crippen molar-refractivity contribution in [2.45, 2.75) is 38.6 Å². The standard InChI is InChI=1S/C18H21Cl2N/c1-18(2,3)13-6-4-12(5-7-13)10-17(21)15-9-8-14(19)11-16(15)20/h4-9,11,17H,10,21H2,1-3H3. The molecule has 0 spiro atoms. The Morgan fingerprint density at radius 2 is 1.62 bits per heavy atom. The molecule has 1 atom stereocenters. The topological polar surface area (TPSA) is 26.0 Å². The van der Waals surface area contributed by atoms with Gasteiger partial charge in [-0.25, -0.2) is 0 Å². The first-order chi connectivity index (χ1) is 9.77. The summed E-state index contributed by atoms with van der Waals surface area (Å²) in [6, 6.07) is 14.0. The van der Waals surface area contributed by atoms with Crippen LogP contribution in [0.1, 0.15) is 43.5 Å². The van der Waals surface area contributed by atoms with Crippen molar-refractivity contribution in [2.24, 2.45) is 5.73 Å². The summed E-state index contributed by atoms with van der Waals surface area (Å²) in [4.78, 5) is 0. The Labute approximate surface area is 137 Å². The number of rotatable bonds is 3. The Bertz CT molecular complexity index is 612. The first kappa shape index (κ1) is 16.4. The number of hydrogen-bond acceptors (Lipinski definition) is 1. The van der Waals surface area contributed by atoms with Crippen LogP contribution in [-0.4, -0.2) is 0 Å². The van der Waals surface area contributed by atoms with Gasteiger partial charge in [0, 0.05) is 16.1 Å². The van der Waals surface area contributed by atoms with Crippen molar-refractivity contribution in [3.63, 3.8) is 0 Å². The lowest BCUT2D eigenvalue weighted by atomic mass is 9.86. The van der Waals surface area contributed by atoms with Gasteiger partial charge in [0.05, 0.1) is 0 Å². The van der Waals surface area contributed by atoms with E-state index in [4.69, 9.17) is 28.9 Å². The maximum Gasteiger partial charge on any atom is 0.0468 e. The van der Waals surface area contributed by atoms with Crippen LogP contribution in [0.15, 0.2) is 42.5 Å². The van der Waals surface area contributed by atoms with Crippen LogP contribution in [0.25, 0.3) is 0 Å². The second-order valence-corrected chi connectivity index (χ2v) is 7.27. The molecule has 0 saturated heterocycles. The number of halogens is 2. The second-order valence-electron chi connectivity index (χ2n) is 6.42. The zero-order valence-corrected chi connectivity index (χ0v) is 14.2. The molecule has 112 valence electrons. The average molecular weight is 322 g/mol. The normalized spacial score (nSPS) is 13.2. The predicted octanol–water partition coefficient (Wildman–Crippen LogP) is 5.53. The highest BCUT2D eigenvalue weighted by molar-refractivity contribution is 6.35. The van der Waals surface area contributed by atoms with Crippen molar-refractivity contribution in [3.8, 4) is 0 Å². The minimum absolute atomic E-state index is 0.129. The fourth-order valence-electron chi connectivity index (χ4n) is 2.31. The lowest BCUT2D eigenvalue weighted by Gasteiger charge is -2.20. The van der Waals surface area contributed by atoms with Crippen LogP contribution in [0.3, 0.4) is 0 Å². The highest BCUT2D eigenvalue weighted by Gasteiger charge is 2.14. The van der Waals surface area contributed by atoms with E-state index in [1.165, 1.54) is 11.1 Å². The highest BCUT2D eigenvalue weighted by Crippen LogP contribution is 2.28. The number of nitrogens with two attached hydrogens (primary N) is 1. The van der Waals surface area contributed by atoms with Crippen LogP contribution in [0.4, 0.5) is 0 Å². The first-order valence-electron chi connectivity index (χ1n) is 7.07. The van der Waals surface area contributed by atoms with E-state index in [9.17, 15) is 0 Å². The third-order valence-corrected chi connectivity index (χ3v) is 4.20. The molecule has 0 aliphatic heterocycles. The molecule has 3 heteroatoms. The van der Waals surface area contributed by atoms with E-state index in [1.807, 2.05) is 12.1 Å². The molecule has 2 aromatic rings. The molecule has 0 fully saturated rings. The summed E-state index contributed by atoms with van der Waals surface area (Å²) < 4.78 is 0. The van der Waals surface area contributed by atoms with Gasteiger partial charge in [0.15, 0.2) is 0 Å². The van der Waals surface area contributed by atoms with Gasteiger partial charge in [-0.2, -0.15) is 0 Å². The molecule has 0 aliphatic rings. The summed E-state index contributed by atoms with van der Waals surface area (Å²) in [6.45, 7) is 6.63. The molecule has 21 heavy (non-hydrogen) atoms. The quantitative estimate of drug-likeness (QED) is 0.789. The molecule has 2 rings (SSSR count). The van der Waals surface area contributed by atoms with Gasteiger partial charge in [0.2, 0.25) is 0 Å². The summed E-state index contributed by atoms with van der Waals surface area (Å²) in [7, 11) is 0. The van der Waals surface area contributed by atoms with Gasteiger partial charge in [0.1, 0.15) is 0 Å². The maximum atomic E-state index is 6.27. The Morgan fingerprint density at radius 3 is 2.14 bits per heavy atom. The van der Waals surface area contributed by atoms with Gasteiger partial charge in [-0.1, -0.05) is 74.3 Å². The Morgan fingerprint density at radius 1 is 1.00 bits per heavy atom. The predicted molar refractivity (Wildman–Crippen MR) is 92.2 cm³/mol. The molecule has 1 nitrogen and oxygen atoms in total. The largest absolute Gasteiger partial charge is 0.324 e. The average Bonchev–Trinajstić information content (AvgIpc) is 2.38. The lowest BCUT2D eigenvalue weighted by molar-refractivity contribution is 0.589. The van der Waals surface area contributed by atoms with Crippen molar-refractivity contribution in [1.82, 2.24) is 0 Å². The van der Waals surface area contributed by atoms with E-state index in [0.717, 1.165) is 12.0 Å². The van der Waals surface area contributed by atoms with Gasteiger partial charge in [-0.15, -0.1) is 0 Å². The summed E-state index contributed by atoms with van der Waals surface area (Å²) in [5.41, 5.74) is 9.91. The van der Waals surface area contributed by atoms with Crippen LogP contribution in [0.5, 0.6) is 0 Å². The minimum atomic E-state index is -0.129. The first-order valence-corrected chi connectivity index (χ1v) is 7.83. The van der Waals surface area contributed by atoms with E-state index < -0.39 is 0 Å². The molecule has 0 saturated carbocycles. The molecule has 0 amide bonds. The molecular formula is C18H21Cl2N. The van der Waals surface area contributed by atoms with Crippen LogP contribution < -0.4 is 5.73 Å². The highest BCUT2D eigenvalue weighted by atomic mass is 35.5. The summed E-state index contributed by atoms with van der Waals surface area (Å²) in [5, 5.41) is 1.26. The summed E-state index contributed by atoms with van der Waals surface area (Å²) >= 11 is 12.1. The van der Waals surface area contributed by atoms with Gasteiger partial charge < -0.3 is 5.73 Å². The molecular weight excluding hydrogens is 301 g/mol.